The van der Waals surface area contributed by atoms with Gasteiger partial charge in [-0.05, 0) is 24.6 Å². The van der Waals surface area contributed by atoms with Crippen LogP contribution in [0, 0.1) is 0 Å². The summed E-state index contributed by atoms with van der Waals surface area (Å²) in [5.74, 6) is 0. The van der Waals surface area contributed by atoms with Crippen LogP contribution in [-0.4, -0.2) is 91.5 Å². The molecular weight excluding hydrogens is 410 g/mol. The molecule has 1 aliphatic rings. The van der Waals surface area contributed by atoms with Gasteiger partial charge in [0.25, 0.3) is 20.2 Å². The van der Waals surface area contributed by atoms with E-state index in [1.807, 2.05) is 0 Å². The standard InChI is InChI=1S/C14H19N3.2CH4O3S.H2O/c1-15-8-10-16(11-9-15)12-17-7-6-13-4-2-3-5-14(13)17;2*1-5(2,3)4;/h2-7H,8-12H2,1H3;2*1H3,(H,2,3,4);1H2. The summed E-state index contributed by atoms with van der Waals surface area (Å²) in [6.07, 6.45) is 3.63. The van der Waals surface area contributed by atoms with Crippen molar-refractivity contribution < 1.29 is 31.4 Å². The van der Waals surface area contributed by atoms with Crippen molar-refractivity contribution in [2.24, 2.45) is 0 Å². The largest absolute Gasteiger partial charge is 0.412 e. The molecule has 0 saturated carbocycles. The summed E-state index contributed by atoms with van der Waals surface area (Å²) in [6.45, 7) is 5.71. The molecule has 1 aromatic carbocycles. The Bertz CT molecular complexity index is 873. The SMILES string of the molecule is CN1CCN(Cn2ccc3ccccc32)CC1.CS(=O)(=O)O.CS(=O)(=O)O.O. The van der Waals surface area contributed by atoms with E-state index in [0.717, 1.165) is 6.67 Å². The van der Waals surface area contributed by atoms with Gasteiger partial charge in [0.2, 0.25) is 0 Å². The van der Waals surface area contributed by atoms with Gasteiger partial charge < -0.3 is 14.9 Å². The van der Waals surface area contributed by atoms with Crippen molar-refractivity contribution in [2.75, 3.05) is 45.7 Å². The fourth-order valence-electron chi connectivity index (χ4n) is 2.47. The smallest absolute Gasteiger partial charge is 0.261 e. The van der Waals surface area contributed by atoms with Crippen LogP contribution in [0.15, 0.2) is 36.5 Å². The van der Waals surface area contributed by atoms with Crippen LogP contribution in [0.3, 0.4) is 0 Å². The average Bonchev–Trinajstić information content (AvgIpc) is 2.90. The van der Waals surface area contributed by atoms with Crippen LogP contribution in [0.5, 0.6) is 0 Å². The van der Waals surface area contributed by atoms with Crippen molar-refractivity contribution in [2.45, 2.75) is 6.67 Å². The Morgan fingerprint density at radius 3 is 1.86 bits per heavy atom. The zero-order chi connectivity index (χ0) is 20.7. The summed E-state index contributed by atoms with van der Waals surface area (Å²) in [6, 6.07) is 10.8. The summed E-state index contributed by atoms with van der Waals surface area (Å²) in [5, 5.41) is 1.33. The molecule has 2 aromatic rings. The lowest BCUT2D eigenvalue weighted by Gasteiger charge is -2.32. The number of piperazine rings is 1. The first-order valence-corrected chi connectivity index (χ1v) is 11.8. The second-order valence-electron chi connectivity index (χ2n) is 6.37. The molecule has 0 amide bonds. The molecule has 162 valence electrons. The van der Waals surface area contributed by atoms with E-state index in [9.17, 15) is 16.8 Å². The predicted octanol–water partition coefficient (Wildman–Crippen LogP) is 0.0295. The molecule has 28 heavy (non-hydrogen) atoms. The first kappa shape index (κ1) is 26.5. The first-order valence-electron chi connectivity index (χ1n) is 8.12. The molecule has 0 spiro atoms. The predicted molar refractivity (Wildman–Crippen MR) is 110 cm³/mol. The summed E-state index contributed by atoms with van der Waals surface area (Å²) < 4.78 is 54.1. The molecule has 4 N–H and O–H groups in total. The van der Waals surface area contributed by atoms with E-state index < -0.39 is 20.2 Å². The third-order valence-electron chi connectivity index (χ3n) is 3.63. The fourth-order valence-corrected chi connectivity index (χ4v) is 2.47. The van der Waals surface area contributed by atoms with Gasteiger partial charge in [0.15, 0.2) is 0 Å². The molecule has 2 heterocycles. The number of likely N-dealkylation sites (N-methyl/N-ethyl adjacent to an activating group) is 1. The van der Waals surface area contributed by atoms with Gasteiger partial charge in [0, 0.05) is 37.9 Å². The van der Waals surface area contributed by atoms with Gasteiger partial charge >= 0.3 is 0 Å². The first-order chi connectivity index (χ1) is 12.3. The van der Waals surface area contributed by atoms with Gasteiger partial charge in [0.05, 0.1) is 19.2 Å². The number of benzene rings is 1. The molecule has 1 aliphatic heterocycles. The molecule has 0 radical (unpaired) electrons. The maximum Gasteiger partial charge on any atom is 0.261 e. The van der Waals surface area contributed by atoms with Gasteiger partial charge in [-0.15, -0.1) is 0 Å². The van der Waals surface area contributed by atoms with Crippen LogP contribution in [-0.2, 0) is 26.9 Å². The minimum Gasteiger partial charge on any atom is -0.412 e. The van der Waals surface area contributed by atoms with E-state index in [-0.39, 0.29) is 5.48 Å². The number of nitrogens with zero attached hydrogens (tertiary/aromatic N) is 3. The van der Waals surface area contributed by atoms with Crippen LogP contribution in [0.1, 0.15) is 0 Å². The fraction of sp³-hybridized carbons (Fsp3) is 0.500. The zero-order valence-electron chi connectivity index (χ0n) is 16.2. The Balaban J connectivity index is 0.000000560. The molecule has 12 heteroatoms. The van der Waals surface area contributed by atoms with Crippen molar-refractivity contribution in [3.8, 4) is 0 Å². The molecule has 0 aliphatic carbocycles. The maximum absolute atomic E-state index is 9.19. The van der Waals surface area contributed by atoms with Crippen molar-refractivity contribution in [3.63, 3.8) is 0 Å². The summed E-state index contributed by atoms with van der Waals surface area (Å²) in [7, 11) is -5.14. The van der Waals surface area contributed by atoms with Crippen LogP contribution in [0.25, 0.3) is 10.9 Å². The normalized spacial score (nSPS) is 15.6. The number of hydrogen-bond donors (Lipinski definition) is 2. The Hall–Kier alpha value is -1.54. The number of hydrogen-bond acceptors (Lipinski definition) is 6. The van der Waals surface area contributed by atoms with E-state index in [1.54, 1.807) is 0 Å². The molecule has 3 rings (SSSR count). The van der Waals surface area contributed by atoms with Crippen LogP contribution in [0.2, 0.25) is 0 Å². The van der Waals surface area contributed by atoms with E-state index >= 15 is 0 Å². The number of fused-ring (bicyclic) bond motifs is 1. The molecule has 0 atom stereocenters. The molecule has 1 saturated heterocycles. The Kier molecular flexibility index (Phi) is 10.8. The van der Waals surface area contributed by atoms with Gasteiger partial charge in [0.1, 0.15) is 0 Å². The second-order valence-corrected chi connectivity index (χ2v) is 9.31. The molecular formula is C16H29N3O7S2. The zero-order valence-corrected chi connectivity index (χ0v) is 17.8. The lowest BCUT2D eigenvalue weighted by Crippen LogP contribution is -2.44. The van der Waals surface area contributed by atoms with Crippen molar-refractivity contribution in [1.29, 1.82) is 0 Å². The molecule has 1 fully saturated rings. The highest BCUT2D eigenvalue weighted by atomic mass is 32.2. The highest BCUT2D eigenvalue weighted by Gasteiger charge is 2.14. The van der Waals surface area contributed by atoms with E-state index in [2.05, 4.69) is 57.9 Å². The number of para-hydroxylation sites is 1. The highest BCUT2D eigenvalue weighted by molar-refractivity contribution is 7.85. The van der Waals surface area contributed by atoms with Crippen LogP contribution in [0.4, 0.5) is 0 Å². The minimum atomic E-state index is -3.67. The van der Waals surface area contributed by atoms with Crippen molar-refractivity contribution in [3.05, 3.63) is 36.5 Å². The minimum absolute atomic E-state index is 0. The van der Waals surface area contributed by atoms with Crippen LogP contribution < -0.4 is 0 Å². The average molecular weight is 440 g/mol. The number of aromatic nitrogens is 1. The van der Waals surface area contributed by atoms with Gasteiger partial charge in [-0.3, -0.25) is 14.0 Å². The van der Waals surface area contributed by atoms with E-state index in [0.29, 0.717) is 12.5 Å². The third kappa shape index (κ3) is 12.8. The second kappa shape index (κ2) is 11.5. The van der Waals surface area contributed by atoms with E-state index in [4.69, 9.17) is 9.11 Å². The van der Waals surface area contributed by atoms with Crippen LogP contribution >= 0.6 is 0 Å². The maximum atomic E-state index is 9.19. The van der Waals surface area contributed by atoms with Crippen molar-refractivity contribution in [1.82, 2.24) is 14.4 Å². The molecule has 1 aromatic heterocycles. The molecule has 10 nitrogen and oxygen atoms in total. The molecule has 0 bridgehead atoms. The quantitative estimate of drug-likeness (QED) is 0.622. The van der Waals surface area contributed by atoms with Crippen molar-refractivity contribution >= 4 is 31.1 Å². The highest BCUT2D eigenvalue weighted by Crippen LogP contribution is 2.15. The summed E-state index contributed by atoms with van der Waals surface area (Å²) in [5.41, 5.74) is 1.34. The monoisotopic (exact) mass is 439 g/mol. The summed E-state index contributed by atoms with van der Waals surface area (Å²) in [4.78, 5) is 4.91. The number of rotatable bonds is 2. The summed E-state index contributed by atoms with van der Waals surface area (Å²) >= 11 is 0. The Labute approximate surface area is 166 Å². The van der Waals surface area contributed by atoms with Gasteiger partial charge in [-0.1, -0.05) is 18.2 Å². The lowest BCUT2D eigenvalue weighted by atomic mass is 10.2. The van der Waals surface area contributed by atoms with E-state index in [1.165, 1.54) is 37.1 Å². The Morgan fingerprint density at radius 1 is 0.893 bits per heavy atom. The topological polar surface area (TPSA) is 152 Å². The van der Waals surface area contributed by atoms with Gasteiger partial charge in [-0.25, -0.2) is 0 Å². The lowest BCUT2D eigenvalue weighted by molar-refractivity contribution is 0.126. The Morgan fingerprint density at radius 2 is 1.36 bits per heavy atom. The molecule has 0 unspecified atom stereocenters. The van der Waals surface area contributed by atoms with Gasteiger partial charge in [-0.2, -0.15) is 16.8 Å². The third-order valence-corrected chi connectivity index (χ3v) is 3.63.